The molecular formula is C13H18N2S. The molecule has 2 N–H and O–H groups in total. The molecule has 3 heteroatoms. The maximum Gasteiger partial charge on any atom is 0.0500 e. The van der Waals surface area contributed by atoms with Crippen LogP contribution in [0.2, 0.25) is 0 Å². The van der Waals surface area contributed by atoms with E-state index in [4.69, 9.17) is 5.73 Å². The molecule has 0 saturated heterocycles. The van der Waals surface area contributed by atoms with Crippen molar-refractivity contribution in [1.82, 2.24) is 4.57 Å². The number of aromatic nitrogens is 1. The van der Waals surface area contributed by atoms with Crippen LogP contribution in [-0.2, 0) is 6.54 Å². The molecule has 1 aromatic carbocycles. The van der Waals surface area contributed by atoms with Crippen molar-refractivity contribution in [1.29, 1.82) is 0 Å². The van der Waals surface area contributed by atoms with Crippen LogP contribution >= 0.6 is 11.8 Å². The highest BCUT2D eigenvalue weighted by Crippen LogP contribution is 2.19. The van der Waals surface area contributed by atoms with Gasteiger partial charge < -0.3 is 10.3 Å². The van der Waals surface area contributed by atoms with Crippen LogP contribution in [0, 0.1) is 0 Å². The molecule has 0 aliphatic carbocycles. The van der Waals surface area contributed by atoms with Gasteiger partial charge in [0.05, 0.1) is 5.52 Å². The fraction of sp³-hybridized carbons (Fsp3) is 0.385. The molecular weight excluding hydrogens is 216 g/mol. The zero-order chi connectivity index (χ0) is 11.4. The van der Waals surface area contributed by atoms with Crippen LogP contribution in [-0.4, -0.2) is 16.1 Å². The molecule has 0 aliphatic rings. The van der Waals surface area contributed by atoms with Crippen LogP contribution < -0.4 is 5.73 Å². The van der Waals surface area contributed by atoms with E-state index in [2.05, 4.69) is 35.9 Å². The first-order valence-electron chi connectivity index (χ1n) is 5.73. The van der Waals surface area contributed by atoms with Crippen LogP contribution in [0.4, 0.5) is 5.69 Å². The summed E-state index contributed by atoms with van der Waals surface area (Å²) < 4.78 is 2.29. The Hall–Kier alpha value is -1.09. The number of thioether (sulfide) groups is 1. The third kappa shape index (κ3) is 2.53. The van der Waals surface area contributed by atoms with Gasteiger partial charge in [-0.3, -0.25) is 0 Å². The van der Waals surface area contributed by atoms with Crippen LogP contribution in [0.3, 0.4) is 0 Å². The summed E-state index contributed by atoms with van der Waals surface area (Å²) in [4.78, 5) is 0. The SMILES string of the molecule is CCSCCCn1ccc2ccc(N)cc21. The smallest absolute Gasteiger partial charge is 0.0500 e. The Balaban J connectivity index is 2.09. The van der Waals surface area contributed by atoms with Gasteiger partial charge >= 0.3 is 0 Å². The molecule has 2 nitrogen and oxygen atoms in total. The molecule has 86 valence electrons. The van der Waals surface area contributed by atoms with Gasteiger partial charge in [-0.2, -0.15) is 11.8 Å². The monoisotopic (exact) mass is 234 g/mol. The second kappa shape index (κ2) is 5.30. The molecule has 0 radical (unpaired) electrons. The predicted molar refractivity (Wildman–Crippen MR) is 74.0 cm³/mol. The molecule has 1 heterocycles. The lowest BCUT2D eigenvalue weighted by Gasteiger charge is -2.05. The normalized spacial score (nSPS) is 11.1. The van der Waals surface area contributed by atoms with E-state index in [1.807, 2.05) is 17.8 Å². The number of hydrogen-bond donors (Lipinski definition) is 1. The molecule has 2 rings (SSSR count). The van der Waals surface area contributed by atoms with Gasteiger partial charge in [-0.25, -0.2) is 0 Å². The van der Waals surface area contributed by atoms with E-state index in [1.165, 1.54) is 28.8 Å². The van der Waals surface area contributed by atoms with Gasteiger partial charge in [0.2, 0.25) is 0 Å². The summed E-state index contributed by atoms with van der Waals surface area (Å²) in [6, 6.07) is 8.26. The predicted octanol–water partition coefficient (Wildman–Crippen LogP) is 3.37. The molecule has 0 saturated carbocycles. The van der Waals surface area contributed by atoms with Crippen molar-refractivity contribution in [2.75, 3.05) is 17.2 Å². The highest BCUT2D eigenvalue weighted by atomic mass is 32.2. The van der Waals surface area contributed by atoms with Gasteiger partial charge in [-0.1, -0.05) is 13.0 Å². The number of benzene rings is 1. The maximum absolute atomic E-state index is 5.81. The molecule has 2 aromatic rings. The van der Waals surface area contributed by atoms with Gasteiger partial charge in [0, 0.05) is 18.4 Å². The first-order valence-corrected chi connectivity index (χ1v) is 6.89. The average molecular weight is 234 g/mol. The lowest BCUT2D eigenvalue weighted by atomic mass is 10.2. The van der Waals surface area contributed by atoms with E-state index in [0.29, 0.717) is 0 Å². The van der Waals surface area contributed by atoms with Crippen molar-refractivity contribution < 1.29 is 0 Å². The van der Waals surface area contributed by atoms with Crippen LogP contribution in [0.5, 0.6) is 0 Å². The Morgan fingerprint density at radius 3 is 3.00 bits per heavy atom. The van der Waals surface area contributed by atoms with E-state index in [1.54, 1.807) is 0 Å². The Morgan fingerprint density at radius 2 is 2.19 bits per heavy atom. The zero-order valence-corrected chi connectivity index (χ0v) is 10.5. The quantitative estimate of drug-likeness (QED) is 0.635. The van der Waals surface area contributed by atoms with Gasteiger partial charge in [0.1, 0.15) is 0 Å². The van der Waals surface area contributed by atoms with Gasteiger partial charge in [0.25, 0.3) is 0 Å². The number of nitrogens with two attached hydrogens (primary N) is 1. The molecule has 16 heavy (non-hydrogen) atoms. The van der Waals surface area contributed by atoms with Crippen molar-refractivity contribution in [3.8, 4) is 0 Å². The molecule has 0 amide bonds. The van der Waals surface area contributed by atoms with Crippen molar-refractivity contribution in [3.05, 3.63) is 30.5 Å². The van der Waals surface area contributed by atoms with Crippen LogP contribution in [0.15, 0.2) is 30.5 Å². The molecule has 0 atom stereocenters. The Bertz CT molecular complexity index is 462. The van der Waals surface area contributed by atoms with Crippen LogP contribution in [0.25, 0.3) is 10.9 Å². The second-order valence-corrected chi connectivity index (χ2v) is 5.27. The standard InChI is InChI=1S/C13H18N2S/c1-2-16-9-3-7-15-8-6-11-4-5-12(14)10-13(11)15/h4-6,8,10H,2-3,7,9,14H2,1H3. The maximum atomic E-state index is 5.81. The molecule has 0 fully saturated rings. The van der Waals surface area contributed by atoms with Crippen molar-refractivity contribution in [2.24, 2.45) is 0 Å². The minimum atomic E-state index is 0.843. The third-order valence-corrected chi connectivity index (χ3v) is 3.68. The first kappa shape index (κ1) is 11.4. The summed E-state index contributed by atoms with van der Waals surface area (Å²) in [5.74, 6) is 2.44. The van der Waals surface area contributed by atoms with E-state index in [0.717, 1.165) is 12.2 Å². The number of fused-ring (bicyclic) bond motifs is 1. The van der Waals surface area contributed by atoms with E-state index in [-0.39, 0.29) is 0 Å². The third-order valence-electron chi connectivity index (χ3n) is 2.69. The van der Waals surface area contributed by atoms with Gasteiger partial charge in [-0.15, -0.1) is 0 Å². The zero-order valence-electron chi connectivity index (χ0n) is 9.65. The number of anilines is 1. The van der Waals surface area contributed by atoms with Gasteiger partial charge in [0.15, 0.2) is 0 Å². The number of nitrogens with zero attached hydrogens (tertiary/aromatic N) is 1. The average Bonchev–Trinajstić information content (AvgIpc) is 2.67. The van der Waals surface area contributed by atoms with E-state index < -0.39 is 0 Å². The summed E-state index contributed by atoms with van der Waals surface area (Å²) >= 11 is 2.00. The van der Waals surface area contributed by atoms with Crippen molar-refractivity contribution >= 4 is 28.4 Å². The summed E-state index contributed by atoms with van der Waals surface area (Å²) in [5, 5.41) is 1.28. The number of rotatable bonds is 5. The molecule has 0 unspecified atom stereocenters. The number of aryl methyl sites for hydroxylation is 1. The van der Waals surface area contributed by atoms with E-state index in [9.17, 15) is 0 Å². The largest absolute Gasteiger partial charge is 0.399 e. The topological polar surface area (TPSA) is 30.9 Å². The fourth-order valence-corrected chi connectivity index (χ4v) is 2.50. The fourth-order valence-electron chi connectivity index (χ4n) is 1.88. The number of hydrogen-bond acceptors (Lipinski definition) is 2. The summed E-state index contributed by atoms with van der Waals surface area (Å²) in [6.45, 7) is 3.29. The minimum Gasteiger partial charge on any atom is -0.399 e. The van der Waals surface area contributed by atoms with Crippen LogP contribution in [0.1, 0.15) is 13.3 Å². The summed E-state index contributed by atoms with van der Waals surface area (Å²) in [5.41, 5.74) is 7.91. The Morgan fingerprint density at radius 1 is 1.31 bits per heavy atom. The lowest BCUT2D eigenvalue weighted by Crippen LogP contribution is -1.98. The Kier molecular flexibility index (Phi) is 3.78. The lowest BCUT2D eigenvalue weighted by molar-refractivity contribution is 0.709. The number of nitrogen functional groups attached to an aromatic ring is 1. The molecule has 1 aromatic heterocycles. The molecule has 0 spiro atoms. The van der Waals surface area contributed by atoms with E-state index >= 15 is 0 Å². The van der Waals surface area contributed by atoms with Gasteiger partial charge in [-0.05, 0) is 41.5 Å². The first-order chi connectivity index (χ1) is 7.81. The summed E-state index contributed by atoms with van der Waals surface area (Å²) in [7, 11) is 0. The Labute approximate surface area is 101 Å². The van der Waals surface area contributed by atoms with Crippen molar-refractivity contribution in [2.45, 2.75) is 19.9 Å². The highest BCUT2D eigenvalue weighted by molar-refractivity contribution is 7.99. The minimum absolute atomic E-state index is 0.843. The van der Waals surface area contributed by atoms with Crippen molar-refractivity contribution in [3.63, 3.8) is 0 Å². The molecule has 0 aliphatic heterocycles. The molecule has 0 bridgehead atoms. The second-order valence-electron chi connectivity index (χ2n) is 3.88. The summed E-state index contributed by atoms with van der Waals surface area (Å²) in [6.07, 6.45) is 3.37. The highest BCUT2D eigenvalue weighted by Gasteiger charge is 2.00.